The molecule has 0 heterocycles. The summed E-state index contributed by atoms with van der Waals surface area (Å²) in [6, 6.07) is 11.1. The van der Waals surface area contributed by atoms with Crippen molar-refractivity contribution in [2.24, 2.45) is 5.10 Å². The first kappa shape index (κ1) is 16.1. The summed E-state index contributed by atoms with van der Waals surface area (Å²) in [4.78, 5) is 22.0. The number of carbonyl (C=O) groups is 1. The minimum Gasteiger partial charge on any atom is -0.267 e. The molecule has 0 saturated carbocycles. The normalized spacial score (nSPS) is 10.6. The van der Waals surface area contributed by atoms with Gasteiger partial charge in [0.2, 0.25) is 0 Å². The van der Waals surface area contributed by atoms with E-state index in [1.165, 1.54) is 18.3 Å². The average molecular weight is 383 g/mol. The number of hydrogen-bond acceptors (Lipinski definition) is 4. The van der Waals surface area contributed by atoms with Gasteiger partial charge in [0.25, 0.3) is 11.6 Å². The van der Waals surface area contributed by atoms with Gasteiger partial charge in [-0.2, -0.15) is 5.10 Å². The molecular formula is C14H9BrClN3O3. The Kier molecular flexibility index (Phi) is 5.24. The lowest BCUT2D eigenvalue weighted by atomic mass is 10.2. The Hall–Kier alpha value is -2.25. The number of amides is 1. The van der Waals surface area contributed by atoms with E-state index in [2.05, 4.69) is 26.5 Å². The van der Waals surface area contributed by atoms with E-state index < -0.39 is 4.92 Å². The largest absolute Gasteiger partial charge is 0.288 e. The Morgan fingerprint density at radius 2 is 2.09 bits per heavy atom. The first-order valence-electron chi connectivity index (χ1n) is 6.00. The average Bonchev–Trinajstić information content (AvgIpc) is 2.48. The SMILES string of the molecule is O=C(NN=Cc1ccc(Cl)c([N+](=O)[O-])c1)c1cccc(Br)c1. The van der Waals surface area contributed by atoms with Crippen LogP contribution in [0.3, 0.4) is 0 Å². The Labute approximate surface area is 139 Å². The van der Waals surface area contributed by atoms with Crippen molar-refractivity contribution in [2.45, 2.75) is 0 Å². The Morgan fingerprint density at radius 3 is 2.77 bits per heavy atom. The quantitative estimate of drug-likeness (QED) is 0.496. The van der Waals surface area contributed by atoms with Gasteiger partial charge in [-0.15, -0.1) is 0 Å². The Morgan fingerprint density at radius 1 is 1.32 bits per heavy atom. The van der Waals surface area contributed by atoms with Gasteiger partial charge in [0.05, 0.1) is 11.1 Å². The van der Waals surface area contributed by atoms with Crippen molar-refractivity contribution in [1.29, 1.82) is 0 Å². The van der Waals surface area contributed by atoms with Crippen molar-refractivity contribution in [2.75, 3.05) is 0 Å². The van der Waals surface area contributed by atoms with E-state index in [0.717, 1.165) is 4.47 Å². The molecule has 6 nitrogen and oxygen atoms in total. The van der Waals surface area contributed by atoms with Crippen LogP contribution in [0.4, 0.5) is 5.69 Å². The fourth-order valence-corrected chi connectivity index (χ4v) is 2.20. The second kappa shape index (κ2) is 7.15. The third-order valence-corrected chi connectivity index (χ3v) is 3.45. The smallest absolute Gasteiger partial charge is 0.267 e. The second-order valence-corrected chi connectivity index (χ2v) is 5.50. The summed E-state index contributed by atoms with van der Waals surface area (Å²) in [7, 11) is 0. The molecule has 0 aliphatic heterocycles. The van der Waals surface area contributed by atoms with Gasteiger partial charge >= 0.3 is 0 Å². The fourth-order valence-electron chi connectivity index (χ4n) is 1.61. The van der Waals surface area contributed by atoms with E-state index in [-0.39, 0.29) is 16.6 Å². The molecule has 1 amide bonds. The van der Waals surface area contributed by atoms with Crippen LogP contribution in [0, 0.1) is 10.1 Å². The van der Waals surface area contributed by atoms with Gasteiger partial charge in [-0.05, 0) is 24.3 Å². The molecule has 0 aromatic heterocycles. The van der Waals surface area contributed by atoms with Crippen LogP contribution in [0.5, 0.6) is 0 Å². The van der Waals surface area contributed by atoms with Crippen LogP contribution in [0.15, 0.2) is 52.0 Å². The minimum absolute atomic E-state index is 0.0420. The number of nitro groups is 1. The van der Waals surface area contributed by atoms with Crippen LogP contribution in [0.2, 0.25) is 5.02 Å². The molecule has 0 fully saturated rings. The molecule has 2 aromatic carbocycles. The van der Waals surface area contributed by atoms with Gasteiger partial charge in [0.15, 0.2) is 0 Å². The standard InChI is InChI=1S/C14H9BrClN3O3/c15-11-3-1-2-10(7-11)14(20)18-17-8-9-4-5-12(16)13(6-9)19(21)22/h1-8H,(H,18,20). The van der Waals surface area contributed by atoms with Gasteiger partial charge in [0.1, 0.15) is 5.02 Å². The number of hydrogen-bond donors (Lipinski definition) is 1. The minimum atomic E-state index is -0.584. The molecule has 8 heteroatoms. The number of nitrogens with zero attached hydrogens (tertiary/aromatic N) is 2. The molecule has 2 rings (SSSR count). The van der Waals surface area contributed by atoms with E-state index in [1.54, 1.807) is 30.3 Å². The number of nitro benzene ring substituents is 1. The van der Waals surface area contributed by atoms with E-state index in [4.69, 9.17) is 11.6 Å². The maximum absolute atomic E-state index is 11.8. The highest BCUT2D eigenvalue weighted by Crippen LogP contribution is 2.24. The summed E-state index contributed by atoms with van der Waals surface area (Å²) in [5, 5.41) is 14.6. The zero-order chi connectivity index (χ0) is 16.1. The van der Waals surface area contributed by atoms with Crippen LogP contribution in [0.25, 0.3) is 0 Å². The summed E-state index contributed by atoms with van der Waals surface area (Å²) < 4.78 is 0.775. The van der Waals surface area contributed by atoms with E-state index in [0.29, 0.717) is 11.1 Å². The summed E-state index contributed by atoms with van der Waals surface area (Å²) in [6.45, 7) is 0. The van der Waals surface area contributed by atoms with Crippen molar-refractivity contribution in [1.82, 2.24) is 5.43 Å². The van der Waals surface area contributed by atoms with Crippen LogP contribution in [0.1, 0.15) is 15.9 Å². The molecule has 0 aliphatic rings. The number of rotatable bonds is 4. The first-order chi connectivity index (χ1) is 10.5. The van der Waals surface area contributed by atoms with E-state index in [9.17, 15) is 14.9 Å². The molecule has 1 N–H and O–H groups in total. The summed E-state index contributed by atoms with van der Waals surface area (Å²) in [5.74, 6) is -0.388. The highest BCUT2D eigenvalue weighted by atomic mass is 79.9. The molecule has 0 bridgehead atoms. The summed E-state index contributed by atoms with van der Waals surface area (Å²) in [5.41, 5.74) is 3.01. The predicted octanol–water partition coefficient (Wildman–Crippen LogP) is 3.77. The number of halogens is 2. The number of carbonyl (C=O) groups excluding carboxylic acids is 1. The summed E-state index contributed by atoms with van der Waals surface area (Å²) in [6.07, 6.45) is 1.30. The lowest BCUT2D eigenvalue weighted by Crippen LogP contribution is -2.17. The van der Waals surface area contributed by atoms with Gasteiger partial charge in [-0.3, -0.25) is 14.9 Å². The van der Waals surface area contributed by atoms with Crippen LogP contribution >= 0.6 is 27.5 Å². The van der Waals surface area contributed by atoms with Crippen LogP contribution < -0.4 is 5.43 Å². The van der Waals surface area contributed by atoms with Crippen molar-refractivity contribution in [3.8, 4) is 0 Å². The van der Waals surface area contributed by atoms with Crippen molar-refractivity contribution < 1.29 is 9.72 Å². The number of hydrazone groups is 1. The molecule has 0 saturated heterocycles. The van der Waals surface area contributed by atoms with Crippen LogP contribution in [-0.4, -0.2) is 17.0 Å². The molecule has 2 aromatic rings. The van der Waals surface area contributed by atoms with Crippen molar-refractivity contribution >= 4 is 45.3 Å². The van der Waals surface area contributed by atoms with Gasteiger partial charge < -0.3 is 0 Å². The monoisotopic (exact) mass is 381 g/mol. The van der Waals surface area contributed by atoms with Crippen molar-refractivity contribution in [3.63, 3.8) is 0 Å². The molecule has 0 aliphatic carbocycles. The van der Waals surface area contributed by atoms with Gasteiger partial charge in [-0.25, -0.2) is 5.43 Å². The molecule has 112 valence electrons. The highest BCUT2D eigenvalue weighted by Gasteiger charge is 2.11. The molecule has 22 heavy (non-hydrogen) atoms. The highest BCUT2D eigenvalue weighted by molar-refractivity contribution is 9.10. The van der Waals surface area contributed by atoms with E-state index >= 15 is 0 Å². The Balaban J connectivity index is 2.08. The maximum atomic E-state index is 11.8. The summed E-state index contributed by atoms with van der Waals surface area (Å²) >= 11 is 8.98. The lowest BCUT2D eigenvalue weighted by Gasteiger charge is -2.00. The van der Waals surface area contributed by atoms with Gasteiger partial charge in [-0.1, -0.05) is 39.7 Å². The molecule has 0 unspecified atom stereocenters. The van der Waals surface area contributed by atoms with Crippen molar-refractivity contribution in [3.05, 3.63) is 73.2 Å². The van der Waals surface area contributed by atoms with Crippen LogP contribution in [-0.2, 0) is 0 Å². The lowest BCUT2D eigenvalue weighted by molar-refractivity contribution is -0.384. The topological polar surface area (TPSA) is 84.6 Å². The third-order valence-electron chi connectivity index (χ3n) is 2.63. The third kappa shape index (κ3) is 4.12. The fraction of sp³-hybridized carbons (Fsp3) is 0. The second-order valence-electron chi connectivity index (χ2n) is 4.18. The van der Waals surface area contributed by atoms with Gasteiger partial charge in [0, 0.05) is 21.7 Å². The number of benzene rings is 2. The molecular weight excluding hydrogens is 374 g/mol. The molecule has 0 radical (unpaired) electrons. The Bertz CT molecular complexity index is 765. The molecule has 0 atom stereocenters. The number of nitrogens with one attached hydrogen (secondary N) is 1. The zero-order valence-corrected chi connectivity index (χ0v) is 13.3. The molecule has 0 spiro atoms. The first-order valence-corrected chi connectivity index (χ1v) is 7.17. The maximum Gasteiger partial charge on any atom is 0.288 e. The van der Waals surface area contributed by atoms with E-state index in [1.807, 2.05) is 0 Å². The predicted molar refractivity (Wildman–Crippen MR) is 87.3 cm³/mol. The zero-order valence-electron chi connectivity index (χ0n) is 11.0.